The van der Waals surface area contributed by atoms with Gasteiger partial charge < -0.3 is 15.0 Å². The van der Waals surface area contributed by atoms with E-state index in [0.29, 0.717) is 31.9 Å². The highest BCUT2D eigenvalue weighted by atomic mass is 32.1. The van der Waals surface area contributed by atoms with E-state index < -0.39 is 0 Å². The summed E-state index contributed by atoms with van der Waals surface area (Å²) >= 11 is 1.43. The summed E-state index contributed by atoms with van der Waals surface area (Å²) in [6, 6.07) is 0. The zero-order valence-electron chi connectivity index (χ0n) is 12.5. The van der Waals surface area contributed by atoms with E-state index in [-0.39, 0.29) is 17.9 Å². The minimum atomic E-state index is -0.158. The van der Waals surface area contributed by atoms with Gasteiger partial charge in [0.1, 0.15) is 5.69 Å². The highest BCUT2D eigenvalue weighted by Crippen LogP contribution is 2.16. The van der Waals surface area contributed by atoms with Crippen molar-refractivity contribution in [3.63, 3.8) is 0 Å². The molecule has 1 aliphatic heterocycles. The van der Waals surface area contributed by atoms with Crippen LogP contribution in [-0.2, 0) is 9.53 Å². The molecule has 2 rings (SSSR count). The van der Waals surface area contributed by atoms with Gasteiger partial charge in [0.25, 0.3) is 5.91 Å². The first-order chi connectivity index (χ1) is 10.7. The molecule has 7 heteroatoms. The summed E-state index contributed by atoms with van der Waals surface area (Å²) in [7, 11) is 0. The number of carbonyl (C=O) groups is 2. The van der Waals surface area contributed by atoms with Crippen LogP contribution < -0.4 is 5.32 Å². The van der Waals surface area contributed by atoms with Crippen molar-refractivity contribution in [1.29, 1.82) is 0 Å². The van der Waals surface area contributed by atoms with E-state index in [4.69, 9.17) is 4.74 Å². The molecule has 2 heterocycles. The van der Waals surface area contributed by atoms with E-state index in [9.17, 15) is 9.59 Å². The minimum Gasteiger partial charge on any atom is -0.378 e. The second-order valence-electron chi connectivity index (χ2n) is 5.08. The molecule has 0 unspecified atom stereocenters. The predicted octanol–water partition coefficient (Wildman–Crippen LogP) is 1.46. The molecule has 0 atom stereocenters. The number of piperidine rings is 1. The third-order valence-electron chi connectivity index (χ3n) is 3.54. The Hall–Kier alpha value is -1.73. The molecule has 1 aromatic heterocycles. The minimum absolute atomic E-state index is 0.00633. The Balaban J connectivity index is 1.60. The van der Waals surface area contributed by atoms with Gasteiger partial charge in [-0.2, -0.15) is 0 Å². The largest absolute Gasteiger partial charge is 0.378 e. The first-order valence-corrected chi connectivity index (χ1v) is 8.34. The Labute approximate surface area is 134 Å². The Morgan fingerprint density at radius 3 is 2.91 bits per heavy atom. The predicted molar refractivity (Wildman–Crippen MR) is 84.8 cm³/mol. The number of thiazole rings is 1. The molecule has 1 aromatic rings. The lowest BCUT2D eigenvalue weighted by molar-refractivity contribution is -0.116. The average molecular weight is 323 g/mol. The zero-order valence-corrected chi connectivity index (χ0v) is 13.3. The molecule has 120 valence electrons. The lowest BCUT2D eigenvalue weighted by atomic mass is 10.1. The van der Waals surface area contributed by atoms with E-state index >= 15 is 0 Å². The van der Waals surface area contributed by atoms with E-state index in [1.165, 1.54) is 17.4 Å². The molecule has 0 radical (unpaired) electrons. The number of nitrogens with zero attached hydrogens (tertiary/aromatic N) is 2. The first-order valence-electron chi connectivity index (χ1n) is 7.40. The van der Waals surface area contributed by atoms with Crippen molar-refractivity contribution >= 4 is 23.2 Å². The van der Waals surface area contributed by atoms with Crippen molar-refractivity contribution in [1.82, 2.24) is 15.2 Å². The number of nitrogens with one attached hydrogen (secondary N) is 1. The van der Waals surface area contributed by atoms with Crippen LogP contribution in [0.15, 0.2) is 23.5 Å². The number of ether oxygens (including phenoxy) is 1. The van der Waals surface area contributed by atoms with Crippen LogP contribution in [0.2, 0.25) is 0 Å². The summed E-state index contributed by atoms with van der Waals surface area (Å²) in [6.45, 7) is 6.00. The summed E-state index contributed by atoms with van der Waals surface area (Å²) in [5.41, 5.74) is 2.20. The second-order valence-corrected chi connectivity index (χ2v) is 5.80. The molecule has 1 saturated heterocycles. The van der Waals surface area contributed by atoms with E-state index in [1.54, 1.807) is 10.9 Å². The molecule has 1 fully saturated rings. The number of carbonyl (C=O) groups excluding carboxylic acids is 2. The molecular weight excluding hydrogens is 302 g/mol. The van der Waals surface area contributed by atoms with Gasteiger partial charge in [-0.25, -0.2) is 4.98 Å². The van der Waals surface area contributed by atoms with Gasteiger partial charge >= 0.3 is 0 Å². The highest BCUT2D eigenvalue weighted by Gasteiger charge is 2.24. The topological polar surface area (TPSA) is 71.5 Å². The standard InChI is InChI=1S/C15H21N3O3S/c1-2-14(19)16-6-3-9-21-12-4-7-18(8-5-12)15(20)13-10-22-11-17-13/h2,10-12H,1,3-9H2,(H,16,19). The number of aromatic nitrogens is 1. The molecule has 1 aliphatic rings. The Morgan fingerprint density at radius 2 is 2.27 bits per heavy atom. The fourth-order valence-corrected chi connectivity index (χ4v) is 2.84. The first kappa shape index (κ1) is 16.6. The molecule has 1 N–H and O–H groups in total. The Kier molecular flexibility index (Phi) is 6.54. The lowest BCUT2D eigenvalue weighted by Gasteiger charge is -2.31. The fraction of sp³-hybridized carbons (Fsp3) is 0.533. The van der Waals surface area contributed by atoms with Crippen LogP contribution >= 0.6 is 11.3 Å². The molecule has 22 heavy (non-hydrogen) atoms. The van der Waals surface area contributed by atoms with Crippen LogP contribution in [0, 0.1) is 0 Å². The van der Waals surface area contributed by atoms with Gasteiger partial charge in [0.2, 0.25) is 5.91 Å². The van der Waals surface area contributed by atoms with Gasteiger partial charge in [0, 0.05) is 31.6 Å². The number of hydrogen-bond acceptors (Lipinski definition) is 5. The average Bonchev–Trinajstić information content (AvgIpc) is 3.08. The van der Waals surface area contributed by atoms with Crippen molar-refractivity contribution < 1.29 is 14.3 Å². The molecular formula is C15H21N3O3S. The molecule has 2 amide bonds. The third kappa shape index (κ3) is 4.92. The van der Waals surface area contributed by atoms with E-state index in [0.717, 1.165) is 19.3 Å². The van der Waals surface area contributed by atoms with Crippen molar-refractivity contribution in [2.24, 2.45) is 0 Å². The third-order valence-corrected chi connectivity index (χ3v) is 4.13. The van der Waals surface area contributed by atoms with Gasteiger partial charge in [0.05, 0.1) is 11.6 Å². The van der Waals surface area contributed by atoms with Crippen molar-refractivity contribution in [2.75, 3.05) is 26.2 Å². The van der Waals surface area contributed by atoms with Gasteiger partial charge in [-0.1, -0.05) is 6.58 Å². The SMILES string of the molecule is C=CC(=O)NCCCOC1CCN(C(=O)c2cscn2)CC1. The van der Waals surface area contributed by atoms with Crippen molar-refractivity contribution in [3.8, 4) is 0 Å². The van der Waals surface area contributed by atoms with E-state index in [2.05, 4.69) is 16.9 Å². The maximum Gasteiger partial charge on any atom is 0.273 e. The Morgan fingerprint density at radius 1 is 1.50 bits per heavy atom. The summed E-state index contributed by atoms with van der Waals surface area (Å²) in [5.74, 6) is -0.152. The molecule has 0 aliphatic carbocycles. The lowest BCUT2D eigenvalue weighted by Crippen LogP contribution is -2.41. The van der Waals surface area contributed by atoms with Gasteiger partial charge in [0.15, 0.2) is 0 Å². The zero-order chi connectivity index (χ0) is 15.8. The monoisotopic (exact) mass is 323 g/mol. The van der Waals surface area contributed by atoms with Crippen LogP contribution in [0.4, 0.5) is 0 Å². The molecule has 6 nitrogen and oxygen atoms in total. The molecule has 0 bridgehead atoms. The fourth-order valence-electron chi connectivity index (χ4n) is 2.31. The van der Waals surface area contributed by atoms with Gasteiger partial charge in [-0.15, -0.1) is 11.3 Å². The van der Waals surface area contributed by atoms with Crippen LogP contribution in [0.3, 0.4) is 0 Å². The smallest absolute Gasteiger partial charge is 0.273 e. The van der Waals surface area contributed by atoms with E-state index in [1.807, 2.05) is 4.90 Å². The van der Waals surface area contributed by atoms with Crippen LogP contribution in [-0.4, -0.2) is 54.0 Å². The quantitative estimate of drug-likeness (QED) is 0.609. The van der Waals surface area contributed by atoms with Crippen molar-refractivity contribution in [3.05, 3.63) is 29.2 Å². The molecule has 0 saturated carbocycles. The number of hydrogen-bond donors (Lipinski definition) is 1. The summed E-state index contributed by atoms with van der Waals surface area (Å²) in [6.07, 6.45) is 3.91. The highest BCUT2D eigenvalue weighted by molar-refractivity contribution is 7.07. The second kappa shape index (κ2) is 8.65. The number of amides is 2. The van der Waals surface area contributed by atoms with Crippen LogP contribution in [0.5, 0.6) is 0 Å². The summed E-state index contributed by atoms with van der Waals surface area (Å²) in [5, 5.41) is 4.49. The van der Waals surface area contributed by atoms with Crippen LogP contribution in [0.1, 0.15) is 29.8 Å². The van der Waals surface area contributed by atoms with Gasteiger partial charge in [-0.05, 0) is 25.3 Å². The molecule has 0 spiro atoms. The number of likely N-dealkylation sites (tertiary alicyclic amines) is 1. The maximum atomic E-state index is 12.1. The Bertz CT molecular complexity index is 496. The van der Waals surface area contributed by atoms with Crippen molar-refractivity contribution in [2.45, 2.75) is 25.4 Å². The normalized spacial score (nSPS) is 15.5. The van der Waals surface area contributed by atoms with Gasteiger partial charge in [-0.3, -0.25) is 9.59 Å². The summed E-state index contributed by atoms with van der Waals surface area (Å²) in [4.78, 5) is 29.0. The van der Waals surface area contributed by atoms with Crippen LogP contribution in [0.25, 0.3) is 0 Å². The summed E-state index contributed by atoms with van der Waals surface area (Å²) < 4.78 is 5.79. The maximum absolute atomic E-state index is 12.1. The number of rotatable bonds is 7. The molecule has 0 aromatic carbocycles.